The van der Waals surface area contributed by atoms with Crippen molar-refractivity contribution in [2.24, 2.45) is 0 Å². The lowest BCUT2D eigenvalue weighted by Crippen LogP contribution is -2.36. The molecule has 0 radical (unpaired) electrons. The maximum Gasteiger partial charge on any atom is 0.251 e. The summed E-state index contributed by atoms with van der Waals surface area (Å²) in [5.41, 5.74) is 4.13. The number of carbonyl (C=O) groups is 1. The number of rotatable bonds is 6. The summed E-state index contributed by atoms with van der Waals surface area (Å²) in [6, 6.07) is 13.8. The summed E-state index contributed by atoms with van der Waals surface area (Å²) in [6.45, 7) is 10.7. The van der Waals surface area contributed by atoms with Gasteiger partial charge >= 0.3 is 0 Å². The maximum atomic E-state index is 12.3. The Morgan fingerprint density at radius 2 is 1.58 bits per heavy atom. The number of hydrogen-bond acceptors (Lipinski definition) is 2. The molecule has 3 nitrogen and oxygen atoms in total. The molecule has 3 heteroatoms. The van der Waals surface area contributed by atoms with Crippen molar-refractivity contribution >= 4 is 5.91 Å². The van der Waals surface area contributed by atoms with Gasteiger partial charge in [0.15, 0.2) is 0 Å². The highest BCUT2D eigenvalue weighted by atomic mass is 16.5. The fourth-order valence-corrected chi connectivity index (χ4v) is 2.60. The lowest BCUT2D eigenvalue weighted by atomic mass is 10.0. The van der Waals surface area contributed by atoms with Gasteiger partial charge in [0, 0.05) is 5.56 Å². The summed E-state index contributed by atoms with van der Waals surface area (Å²) >= 11 is 0. The molecule has 0 aliphatic carbocycles. The van der Waals surface area contributed by atoms with E-state index < -0.39 is 0 Å². The Balaban J connectivity index is 1.92. The molecule has 0 saturated heterocycles. The second-order valence-corrected chi connectivity index (χ2v) is 6.68. The molecule has 128 valence electrons. The van der Waals surface area contributed by atoms with Crippen LogP contribution in [0.4, 0.5) is 0 Å². The fourth-order valence-electron chi connectivity index (χ4n) is 2.60. The number of carbonyl (C=O) groups excluding carboxylic acids is 1. The predicted molar refractivity (Wildman–Crippen MR) is 98.9 cm³/mol. The Kier molecular flexibility index (Phi) is 6.02. The minimum absolute atomic E-state index is 0.0667. The van der Waals surface area contributed by atoms with E-state index in [9.17, 15) is 4.79 Å². The molecular formula is C21H27NO2. The van der Waals surface area contributed by atoms with E-state index in [0.717, 1.165) is 16.9 Å². The average molecular weight is 325 g/mol. The summed E-state index contributed by atoms with van der Waals surface area (Å²) in [5.74, 6) is 1.30. The highest BCUT2D eigenvalue weighted by Crippen LogP contribution is 2.22. The Morgan fingerprint density at radius 3 is 2.12 bits per heavy atom. The normalized spacial score (nSPS) is 12.1. The van der Waals surface area contributed by atoms with E-state index in [-0.39, 0.29) is 11.9 Å². The van der Waals surface area contributed by atoms with Crippen LogP contribution in [0.15, 0.2) is 42.5 Å². The van der Waals surface area contributed by atoms with Gasteiger partial charge in [0.25, 0.3) is 5.91 Å². The van der Waals surface area contributed by atoms with Crippen LogP contribution in [0.2, 0.25) is 0 Å². The molecule has 1 amide bonds. The first kappa shape index (κ1) is 18.1. The van der Waals surface area contributed by atoms with Crippen LogP contribution >= 0.6 is 0 Å². The third-order valence-electron chi connectivity index (χ3n) is 4.10. The molecule has 0 aromatic heterocycles. The molecule has 2 rings (SSSR count). The molecule has 2 aromatic carbocycles. The van der Waals surface area contributed by atoms with Crippen molar-refractivity contribution in [3.05, 3.63) is 64.7 Å². The van der Waals surface area contributed by atoms with Gasteiger partial charge in [-0.15, -0.1) is 0 Å². The van der Waals surface area contributed by atoms with E-state index in [1.165, 1.54) is 5.56 Å². The molecule has 1 N–H and O–H groups in total. The highest BCUT2D eigenvalue weighted by Gasteiger charge is 2.12. The second-order valence-electron chi connectivity index (χ2n) is 6.68. The number of ether oxygens (including phenoxy) is 1. The molecule has 0 saturated carbocycles. The van der Waals surface area contributed by atoms with Gasteiger partial charge in [-0.1, -0.05) is 44.2 Å². The minimum Gasteiger partial charge on any atom is -0.491 e. The summed E-state index contributed by atoms with van der Waals surface area (Å²) in [4.78, 5) is 12.3. The van der Waals surface area contributed by atoms with Crippen LogP contribution in [0.5, 0.6) is 5.75 Å². The Morgan fingerprint density at radius 1 is 1.00 bits per heavy atom. The fraction of sp³-hybridized carbons (Fsp3) is 0.381. The van der Waals surface area contributed by atoms with Crippen LogP contribution in [0, 0.1) is 13.8 Å². The first-order valence-corrected chi connectivity index (χ1v) is 8.48. The van der Waals surface area contributed by atoms with E-state index in [4.69, 9.17) is 4.74 Å². The SMILES string of the molecule is Cc1cccc(C)c1OCC(C)NC(=O)c1ccc(C(C)C)cc1. The molecule has 24 heavy (non-hydrogen) atoms. The van der Waals surface area contributed by atoms with Crippen LogP contribution < -0.4 is 10.1 Å². The van der Waals surface area contributed by atoms with Crippen molar-refractivity contribution in [1.29, 1.82) is 0 Å². The molecule has 0 aliphatic heterocycles. The molecule has 0 heterocycles. The largest absolute Gasteiger partial charge is 0.491 e. The van der Waals surface area contributed by atoms with Crippen molar-refractivity contribution in [2.75, 3.05) is 6.61 Å². The standard InChI is InChI=1S/C21H27NO2/c1-14(2)18-9-11-19(12-10-18)21(23)22-17(5)13-24-20-15(3)7-6-8-16(20)4/h6-12,14,17H,13H2,1-5H3,(H,22,23). The minimum atomic E-state index is -0.0683. The summed E-state index contributed by atoms with van der Waals surface area (Å²) < 4.78 is 5.90. The van der Waals surface area contributed by atoms with Crippen LogP contribution in [0.25, 0.3) is 0 Å². The van der Waals surface area contributed by atoms with Gasteiger partial charge < -0.3 is 10.1 Å². The number of amides is 1. The first-order chi connectivity index (χ1) is 11.4. The number of benzene rings is 2. The molecule has 1 unspecified atom stereocenters. The second kappa shape index (κ2) is 8.00. The van der Waals surface area contributed by atoms with Crippen molar-refractivity contribution < 1.29 is 9.53 Å². The van der Waals surface area contributed by atoms with Gasteiger partial charge in [0.2, 0.25) is 0 Å². The van der Waals surface area contributed by atoms with Crippen LogP contribution in [0.1, 0.15) is 53.7 Å². The number of hydrogen-bond donors (Lipinski definition) is 1. The molecule has 2 aromatic rings. The number of aryl methyl sites for hydroxylation is 2. The molecule has 0 fully saturated rings. The van der Waals surface area contributed by atoms with Crippen molar-refractivity contribution in [1.82, 2.24) is 5.32 Å². The van der Waals surface area contributed by atoms with Gasteiger partial charge in [0.1, 0.15) is 12.4 Å². The molecule has 0 bridgehead atoms. The van der Waals surface area contributed by atoms with E-state index in [1.807, 2.05) is 63.2 Å². The van der Waals surface area contributed by atoms with Gasteiger partial charge in [0.05, 0.1) is 6.04 Å². The maximum absolute atomic E-state index is 12.3. The highest BCUT2D eigenvalue weighted by molar-refractivity contribution is 5.94. The van der Waals surface area contributed by atoms with Crippen molar-refractivity contribution in [3.8, 4) is 5.75 Å². The van der Waals surface area contributed by atoms with Crippen molar-refractivity contribution in [3.63, 3.8) is 0 Å². The first-order valence-electron chi connectivity index (χ1n) is 8.48. The lowest BCUT2D eigenvalue weighted by molar-refractivity contribution is 0.0926. The van der Waals surface area contributed by atoms with Crippen LogP contribution in [0.3, 0.4) is 0 Å². The Bertz CT molecular complexity index is 669. The average Bonchev–Trinajstić information content (AvgIpc) is 2.54. The zero-order valence-electron chi connectivity index (χ0n) is 15.2. The summed E-state index contributed by atoms with van der Waals surface area (Å²) in [7, 11) is 0. The van der Waals surface area contributed by atoms with Crippen LogP contribution in [-0.2, 0) is 0 Å². The van der Waals surface area contributed by atoms with Gasteiger partial charge in [-0.05, 0) is 55.5 Å². The van der Waals surface area contributed by atoms with Crippen LogP contribution in [-0.4, -0.2) is 18.6 Å². The summed E-state index contributed by atoms with van der Waals surface area (Å²) in [6.07, 6.45) is 0. The Hall–Kier alpha value is -2.29. The lowest BCUT2D eigenvalue weighted by Gasteiger charge is -2.17. The van der Waals surface area contributed by atoms with Gasteiger partial charge in [-0.3, -0.25) is 4.79 Å². The monoisotopic (exact) mass is 325 g/mol. The van der Waals surface area contributed by atoms with E-state index in [1.54, 1.807) is 0 Å². The number of para-hydroxylation sites is 1. The van der Waals surface area contributed by atoms with Gasteiger partial charge in [-0.25, -0.2) is 0 Å². The van der Waals surface area contributed by atoms with E-state index in [2.05, 4.69) is 19.2 Å². The topological polar surface area (TPSA) is 38.3 Å². The Labute approximate surface area is 145 Å². The molecular weight excluding hydrogens is 298 g/mol. The smallest absolute Gasteiger partial charge is 0.251 e. The summed E-state index contributed by atoms with van der Waals surface area (Å²) in [5, 5.41) is 2.99. The zero-order valence-corrected chi connectivity index (χ0v) is 15.2. The van der Waals surface area contributed by atoms with E-state index >= 15 is 0 Å². The third kappa shape index (κ3) is 4.60. The number of nitrogens with one attached hydrogen (secondary N) is 1. The third-order valence-corrected chi connectivity index (χ3v) is 4.10. The van der Waals surface area contributed by atoms with Gasteiger partial charge in [-0.2, -0.15) is 0 Å². The predicted octanol–water partition coefficient (Wildman–Crippen LogP) is 4.62. The van der Waals surface area contributed by atoms with Crippen molar-refractivity contribution in [2.45, 2.75) is 46.6 Å². The zero-order chi connectivity index (χ0) is 17.7. The molecule has 0 spiro atoms. The molecule has 1 atom stereocenters. The van der Waals surface area contributed by atoms with E-state index in [0.29, 0.717) is 18.1 Å². The molecule has 0 aliphatic rings. The quantitative estimate of drug-likeness (QED) is 0.841.